The summed E-state index contributed by atoms with van der Waals surface area (Å²) in [5.41, 5.74) is 6.48. The van der Waals surface area contributed by atoms with Crippen molar-refractivity contribution in [2.75, 3.05) is 19.1 Å². The second kappa shape index (κ2) is 5.46. The third-order valence-electron chi connectivity index (χ3n) is 3.45. The molecule has 0 unspecified atom stereocenters. The number of methoxy groups -OCH3 is 1. The topological polar surface area (TPSA) is 37.4 Å². The third kappa shape index (κ3) is 2.58. The smallest absolute Gasteiger partial charge is 0.165 e. The minimum atomic E-state index is -0.290. The number of hydrogen-bond donors (Lipinski definition) is 1. The number of ether oxygens (including phenoxy) is 1. The lowest BCUT2D eigenvalue weighted by molar-refractivity contribution is 0.305. The van der Waals surface area contributed by atoms with Crippen molar-refractivity contribution in [3.63, 3.8) is 0 Å². The number of anilines is 1. The van der Waals surface area contributed by atoms with Gasteiger partial charge in [0.1, 0.15) is 0 Å². The molecule has 4 nitrogen and oxygen atoms in total. The quantitative estimate of drug-likeness (QED) is 0.932. The molecule has 2 heterocycles. The van der Waals surface area contributed by atoms with Gasteiger partial charge in [-0.05, 0) is 41.8 Å². The standard InChI is InChI=1S/C15H16FN3O/c1-20-15-9-12-10-19(7-4-11(12)8-14(15)16)18-13-2-5-17-6-3-13/h2-3,5-6,8-9H,4,7,10H2,1H3,(H,17,18). The number of hydrogen-bond acceptors (Lipinski definition) is 4. The Morgan fingerprint density at radius 1 is 1.25 bits per heavy atom. The molecule has 3 rings (SSSR count). The lowest BCUT2D eigenvalue weighted by Gasteiger charge is -2.30. The number of pyridine rings is 1. The molecule has 0 spiro atoms. The van der Waals surface area contributed by atoms with Crippen LogP contribution in [0.25, 0.3) is 0 Å². The highest BCUT2D eigenvalue weighted by Gasteiger charge is 2.19. The van der Waals surface area contributed by atoms with E-state index in [-0.39, 0.29) is 5.82 Å². The maximum Gasteiger partial charge on any atom is 0.165 e. The number of halogens is 1. The van der Waals surface area contributed by atoms with E-state index < -0.39 is 0 Å². The van der Waals surface area contributed by atoms with Gasteiger partial charge < -0.3 is 10.2 Å². The molecule has 0 saturated heterocycles. The van der Waals surface area contributed by atoms with Crippen molar-refractivity contribution in [1.82, 2.24) is 9.99 Å². The maximum absolute atomic E-state index is 13.7. The Bertz CT molecular complexity index is 604. The lowest BCUT2D eigenvalue weighted by atomic mass is 10.00. The van der Waals surface area contributed by atoms with Gasteiger partial charge in [-0.3, -0.25) is 4.98 Å². The first kappa shape index (κ1) is 12.9. The first-order valence-corrected chi connectivity index (χ1v) is 6.53. The Labute approximate surface area is 117 Å². The van der Waals surface area contributed by atoms with E-state index in [2.05, 4.69) is 15.4 Å². The average Bonchev–Trinajstić information content (AvgIpc) is 2.48. The molecular weight excluding hydrogens is 257 g/mol. The van der Waals surface area contributed by atoms with Gasteiger partial charge in [-0.2, -0.15) is 0 Å². The molecule has 104 valence electrons. The molecule has 1 N–H and O–H groups in total. The second-order valence-corrected chi connectivity index (χ2v) is 4.77. The van der Waals surface area contributed by atoms with Crippen LogP contribution in [0.2, 0.25) is 0 Å². The summed E-state index contributed by atoms with van der Waals surface area (Å²) >= 11 is 0. The Kier molecular flexibility index (Phi) is 3.52. The van der Waals surface area contributed by atoms with Crippen molar-refractivity contribution in [2.45, 2.75) is 13.0 Å². The zero-order valence-corrected chi connectivity index (χ0v) is 11.3. The fraction of sp³-hybridized carbons (Fsp3) is 0.267. The zero-order chi connectivity index (χ0) is 13.9. The van der Waals surface area contributed by atoms with Crippen molar-refractivity contribution in [3.8, 4) is 5.75 Å². The van der Waals surface area contributed by atoms with Crippen molar-refractivity contribution in [1.29, 1.82) is 0 Å². The van der Waals surface area contributed by atoms with Gasteiger partial charge in [0.05, 0.1) is 12.8 Å². The van der Waals surface area contributed by atoms with E-state index in [0.29, 0.717) is 12.3 Å². The lowest BCUT2D eigenvalue weighted by Crippen LogP contribution is -2.35. The predicted octanol–water partition coefficient (Wildman–Crippen LogP) is 2.61. The van der Waals surface area contributed by atoms with E-state index in [1.165, 1.54) is 7.11 Å². The Hall–Kier alpha value is -2.14. The first-order chi connectivity index (χ1) is 9.76. The number of nitrogens with one attached hydrogen (secondary N) is 1. The van der Waals surface area contributed by atoms with Crippen LogP contribution in [-0.4, -0.2) is 23.6 Å². The summed E-state index contributed by atoms with van der Waals surface area (Å²) in [4.78, 5) is 3.99. The number of hydrazine groups is 1. The highest BCUT2D eigenvalue weighted by Crippen LogP contribution is 2.26. The molecule has 5 heteroatoms. The van der Waals surface area contributed by atoms with E-state index in [9.17, 15) is 4.39 Å². The van der Waals surface area contributed by atoms with Crippen LogP contribution in [0.4, 0.5) is 10.1 Å². The molecule has 0 bridgehead atoms. The Morgan fingerprint density at radius 3 is 2.80 bits per heavy atom. The van der Waals surface area contributed by atoms with Crippen LogP contribution in [0.1, 0.15) is 11.1 Å². The number of fused-ring (bicyclic) bond motifs is 1. The zero-order valence-electron chi connectivity index (χ0n) is 11.3. The Balaban J connectivity index is 1.78. The molecule has 2 aromatic rings. The van der Waals surface area contributed by atoms with Gasteiger partial charge in [-0.25, -0.2) is 9.40 Å². The van der Waals surface area contributed by atoms with Gasteiger partial charge in [-0.15, -0.1) is 0 Å². The summed E-state index contributed by atoms with van der Waals surface area (Å²) in [6.45, 7) is 1.55. The largest absolute Gasteiger partial charge is 0.494 e. The molecule has 1 aromatic heterocycles. The number of aromatic nitrogens is 1. The average molecular weight is 273 g/mol. The molecule has 1 aliphatic rings. The van der Waals surface area contributed by atoms with E-state index in [1.54, 1.807) is 24.5 Å². The first-order valence-electron chi connectivity index (χ1n) is 6.53. The van der Waals surface area contributed by atoms with Crippen LogP contribution in [0.15, 0.2) is 36.7 Å². The minimum absolute atomic E-state index is 0.290. The molecule has 0 aliphatic carbocycles. The summed E-state index contributed by atoms with van der Waals surface area (Å²) in [5.74, 6) is 0.0105. The van der Waals surface area contributed by atoms with Crippen LogP contribution >= 0.6 is 0 Å². The second-order valence-electron chi connectivity index (χ2n) is 4.77. The van der Waals surface area contributed by atoms with Gasteiger partial charge in [0.2, 0.25) is 0 Å². The fourth-order valence-corrected chi connectivity index (χ4v) is 2.42. The van der Waals surface area contributed by atoms with Crippen LogP contribution in [0, 0.1) is 5.82 Å². The van der Waals surface area contributed by atoms with Crippen LogP contribution in [-0.2, 0) is 13.0 Å². The summed E-state index contributed by atoms with van der Waals surface area (Å²) in [5, 5.41) is 2.11. The number of rotatable bonds is 3. The van der Waals surface area contributed by atoms with Gasteiger partial charge in [0, 0.05) is 25.5 Å². The molecule has 1 aromatic carbocycles. The molecule has 0 atom stereocenters. The summed E-state index contributed by atoms with van der Waals surface area (Å²) in [6.07, 6.45) is 4.31. The summed E-state index contributed by atoms with van der Waals surface area (Å²) in [7, 11) is 1.49. The van der Waals surface area contributed by atoms with E-state index in [0.717, 1.165) is 29.8 Å². The maximum atomic E-state index is 13.7. The minimum Gasteiger partial charge on any atom is -0.494 e. The predicted molar refractivity (Wildman–Crippen MR) is 74.9 cm³/mol. The van der Waals surface area contributed by atoms with E-state index in [1.807, 2.05) is 12.1 Å². The van der Waals surface area contributed by atoms with Crippen molar-refractivity contribution in [3.05, 3.63) is 53.6 Å². The van der Waals surface area contributed by atoms with Crippen molar-refractivity contribution >= 4 is 5.69 Å². The molecule has 0 saturated carbocycles. The summed E-state index contributed by atoms with van der Waals surface area (Å²) in [6, 6.07) is 7.20. The molecule has 20 heavy (non-hydrogen) atoms. The van der Waals surface area contributed by atoms with Crippen molar-refractivity contribution < 1.29 is 9.13 Å². The molecule has 0 fully saturated rings. The van der Waals surface area contributed by atoms with E-state index in [4.69, 9.17) is 4.74 Å². The van der Waals surface area contributed by atoms with Crippen LogP contribution in [0.5, 0.6) is 5.75 Å². The molecule has 0 amide bonds. The molecule has 0 radical (unpaired) electrons. The van der Waals surface area contributed by atoms with Crippen LogP contribution < -0.4 is 10.2 Å². The normalized spacial score (nSPS) is 14.7. The SMILES string of the molecule is COc1cc2c(cc1F)CCN(Nc1ccncc1)C2. The monoisotopic (exact) mass is 273 g/mol. The number of benzene rings is 1. The van der Waals surface area contributed by atoms with Crippen molar-refractivity contribution in [2.24, 2.45) is 0 Å². The third-order valence-corrected chi connectivity index (χ3v) is 3.45. The van der Waals surface area contributed by atoms with Crippen LogP contribution in [0.3, 0.4) is 0 Å². The summed E-state index contributed by atoms with van der Waals surface area (Å²) < 4.78 is 18.7. The Morgan fingerprint density at radius 2 is 2.05 bits per heavy atom. The highest BCUT2D eigenvalue weighted by molar-refractivity contribution is 5.42. The molecule has 1 aliphatic heterocycles. The highest BCUT2D eigenvalue weighted by atomic mass is 19.1. The fourth-order valence-electron chi connectivity index (χ4n) is 2.42. The van der Waals surface area contributed by atoms with Gasteiger partial charge in [0.25, 0.3) is 0 Å². The van der Waals surface area contributed by atoms with E-state index >= 15 is 0 Å². The van der Waals surface area contributed by atoms with Gasteiger partial charge in [0.15, 0.2) is 11.6 Å². The van der Waals surface area contributed by atoms with Gasteiger partial charge >= 0.3 is 0 Å². The molecular formula is C15H16FN3O. The van der Waals surface area contributed by atoms with Gasteiger partial charge in [-0.1, -0.05) is 0 Å². The number of nitrogens with zero attached hydrogens (tertiary/aromatic N) is 2.